The number of aromatic carboxylic acids is 1. The molecule has 2 N–H and O–H groups in total. The molecule has 4 nitrogen and oxygen atoms in total. The minimum atomic E-state index is -0.883. The summed E-state index contributed by atoms with van der Waals surface area (Å²) in [6.07, 6.45) is 0. The van der Waals surface area contributed by atoms with Gasteiger partial charge >= 0.3 is 5.97 Å². The number of benzene rings is 1. The molecule has 106 valence electrons. The van der Waals surface area contributed by atoms with Crippen LogP contribution < -0.4 is 5.32 Å². The highest BCUT2D eigenvalue weighted by Crippen LogP contribution is 2.14. The van der Waals surface area contributed by atoms with Gasteiger partial charge in [-0.05, 0) is 37.2 Å². The molecule has 0 heterocycles. The lowest BCUT2D eigenvalue weighted by Crippen LogP contribution is -2.37. The number of carboxylic acid groups (broad SMARTS) is 1. The molecule has 1 rings (SSSR count). The van der Waals surface area contributed by atoms with Crippen LogP contribution in [-0.2, 0) is 6.54 Å². The molecule has 0 saturated carbocycles. The van der Waals surface area contributed by atoms with Crippen molar-refractivity contribution in [2.75, 3.05) is 27.2 Å². The van der Waals surface area contributed by atoms with E-state index in [9.17, 15) is 4.79 Å². The molecule has 0 bridgehead atoms. The summed E-state index contributed by atoms with van der Waals surface area (Å²) in [5.74, 6) is -0.883. The largest absolute Gasteiger partial charge is 0.478 e. The summed E-state index contributed by atoms with van der Waals surface area (Å²) >= 11 is 0. The zero-order valence-corrected chi connectivity index (χ0v) is 12.2. The maximum absolute atomic E-state index is 10.7. The van der Waals surface area contributed by atoms with Gasteiger partial charge in [0.2, 0.25) is 0 Å². The molecule has 0 aliphatic heterocycles. The van der Waals surface area contributed by atoms with Crippen LogP contribution in [0.1, 0.15) is 29.8 Å². The first-order valence-corrected chi connectivity index (χ1v) is 6.48. The smallest absolute Gasteiger partial charge is 0.335 e. The molecule has 0 saturated heterocycles. The van der Waals surface area contributed by atoms with Crippen molar-refractivity contribution >= 4 is 5.97 Å². The van der Waals surface area contributed by atoms with Crippen molar-refractivity contribution in [2.45, 2.75) is 20.4 Å². The summed E-state index contributed by atoms with van der Waals surface area (Å²) in [6, 6.07) is 7.00. The third-order valence-corrected chi connectivity index (χ3v) is 2.88. The summed E-state index contributed by atoms with van der Waals surface area (Å²) in [5.41, 5.74) is 1.65. The lowest BCUT2D eigenvalue weighted by atomic mass is 9.93. The average Bonchev–Trinajstić information content (AvgIpc) is 2.27. The zero-order valence-electron chi connectivity index (χ0n) is 12.2. The molecule has 1 aromatic carbocycles. The van der Waals surface area contributed by atoms with E-state index < -0.39 is 5.97 Å². The molecule has 0 radical (unpaired) electrons. The van der Waals surface area contributed by atoms with Crippen molar-refractivity contribution in [1.29, 1.82) is 0 Å². The molecule has 19 heavy (non-hydrogen) atoms. The van der Waals surface area contributed by atoms with Crippen LogP contribution in [0.25, 0.3) is 0 Å². The molecule has 0 aliphatic rings. The van der Waals surface area contributed by atoms with E-state index in [2.05, 4.69) is 38.2 Å². The van der Waals surface area contributed by atoms with E-state index in [-0.39, 0.29) is 5.41 Å². The summed E-state index contributed by atoms with van der Waals surface area (Å²) in [6.45, 7) is 7.17. The molecule has 0 amide bonds. The fraction of sp³-hybridized carbons (Fsp3) is 0.533. The van der Waals surface area contributed by atoms with Gasteiger partial charge in [0.25, 0.3) is 0 Å². The Morgan fingerprint density at radius 1 is 1.26 bits per heavy atom. The Morgan fingerprint density at radius 2 is 1.84 bits per heavy atom. The zero-order chi connectivity index (χ0) is 14.5. The molecular weight excluding hydrogens is 240 g/mol. The van der Waals surface area contributed by atoms with Crippen LogP contribution in [0.15, 0.2) is 24.3 Å². The second-order valence-electron chi connectivity index (χ2n) is 6.01. The van der Waals surface area contributed by atoms with Gasteiger partial charge in [-0.25, -0.2) is 4.79 Å². The molecule has 1 aromatic rings. The van der Waals surface area contributed by atoms with Crippen molar-refractivity contribution in [3.05, 3.63) is 35.4 Å². The first-order chi connectivity index (χ1) is 8.80. The van der Waals surface area contributed by atoms with E-state index in [1.54, 1.807) is 12.1 Å². The van der Waals surface area contributed by atoms with Gasteiger partial charge in [-0.1, -0.05) is 26.0 Å². The van der Waals surface area contributed by atoms with Crippen LogP contribution >= 0.6 is 0 Å². The highest BCUT2D eigenvalue weighted by Gasteiger charge is 2.18. The number of nitrogens with one attached hydrogen (secondary N) is 1. The van der Waals surface area contributed by atoms with E-state index in [0.717, 1.165) is 25.2 Å². The Labute approximate surface area is 115 Å². The molecular formula is C15H24N2O2. The molecule has 0 spiro atoms. The minimum absolute atomic E-state index is 0.213. The first-order valence-electron chi connectivity index (χ1n) is 6.48. The molecule has 0 unspecified atom stereocenters. The van der Waals surface area contributed by atoms with Gasteiger partial charge in [0, 0.05) is 19.6 Å². The Kier molecular flexibility index (Phi) is 5.51. The standard InChI is InChI=1S/C15H24N2O2/c1-15(2,11-17(3)4)10-16-9-12-5-7-13(8-6-12)14(18)19/h5-8,16H,9-11H2,1-4H3,(H,18,19). The van der Waals surface area contributed by atoms with Crippen molar-refractivity contribution in [2.24, 2.45) is 5.41 Å². The molecule has 0 atom stereocenters. The summed E-state index contributed by atoms with van der Waals surface area (Å²) in [4.78, 5) is 12.9. The van der Waals surface area contributed by atoms with Gasteiger partial charge < -0.3 is 15.3 Å². The number of nitrogens with zero attached hydrogens (tertiary/aromatic N) is 1. The van der Waals surface area contributed by atoms with Crippen molar-refractivity contribution < 1.29 is 9.90 Å². The molecule has 0 fully saturated rings. The van der Waals surface area contributed by atoms with Gasteiger partial charge in [-0.2, -0.15) is 0 Å². The monoisotopic (exact) mass is 264 g/mol. The number of hydrogen-bond donors (Lipinski definition) is 2. The Bertz CT molecular complexity index is 411. The van der Waals surface area contributed by atoms with Gasteiger partial charge in [-0.3, -0.25) is 0 Å². The Balaban J connectivity index is 2.42. The van der Waals surface area contributed by atoms with Gasteiger partial charge in [0.15, 0.2) is 0 Å². The highest BCUT2D eigenvalue weighted by molar-refractivity contribution is 5.87. The fourth-order valence-corrected chi connectivity index (χ4v) is 2.22. The van der Waals surface area contributed by atoms with E-state index in [1.807, 2.05) is 12.1 Å². The van der Waals surface area contributed by atoms with Crippen LogP contribution in [0.3, 0.4) is 0 Å². The quantitative estimate of drug-likeness (QED) is 0.791. The normalized spacial score (nSPS) is 11.8. The van der Waals surface area contributed by atoms with Crippen LogP contribution in [-0.4, -0.2) is 43.2 Å². The number of carboxylic acids is 1. The lowest BCUT2D eigenvalue weighted by Gasteiger charge is -2.28. The van der Waals surface area contributed by atoms with E-state index >= 15 is 0 Å². The van der Waals surface area contributed by atoms with Crippen LogP contribution in [0, 0.1) is 5.41 Å². The molecule has 4 heteroatoms. The fourth-order valence-electron chi connectivity index (χ4n) is 2.22. The minimum Gasteiger partial charge on any atom is -0.478 e. The number of hydrogen-bond acceptors (Lipinski definition) is 3. The van der Waals surface area contributed by atoms with Crippen LogP contribution in [0.5, 0.6) is 0 Å². The lowest BCUT2D eigenvalue weighted by molar-refractivity contribution is 0.0697. The van der Waals surface area contributed by atoms with Crippen LogP contribution in [0.2, 0.25) is 0 Å². The van der Waals surface area contributed by atoms with Crippen molar-refractivity contribution in [3.63, 3.8) is 0 Å². The van der Waals surface area contributed by atoms with Gasteiger partial charge in [0.05, 0.1) is 5.56 Å². The highest BCUT2D eigenvalue weighted by atomic mass is 16.4. The Morgan fingerprint density at radius 3 is 2.32 bits per heavy atom. The predicted molar refractivity (Wildman–Crippen MR) is 77.4 cm³/mol. The van der Waals surface area contributed by atoms with Crippen molar-refractivity contribution in [3.8, 4) is 0 Å². The predicted octanol–water partition coefficient (Wildman–Crippen LogP) is 2.06. The van der Waals surface area contributed by atoms with Gasteiger partial charge in [0.1, 0.15) is 0 Å². The summed E-state index contributed by atoms with van der Waals surface area (Å²) < 4.78 is 0. The topological polar surface area (TPSA) is 52.6 Å². The Hall–Kier alpha value is -1.39. The third kappa shape index (κ3) is 5.85. The van der Waals surface area contributed by atoms with E-state index in [4.69, 9.17) is 5.11 Å². The van der Waals surface area contributed by atoms with Gasteiger partial charge in [-0.15, -0.1) is 0 Å². The SMILES string of the molecule is CN(C)CC(C)(C)CNCc1ccc(C(=O)O)cc1. The second kappa shape index (κ2) is 6.68. The van der Waals surface area contributed by atoms with E-state index in [0.29, 0.717) is 5.56 Å². The maximum atomic E-state index is 10.7. The van der Waals surface area contributed by atoms with Crippen LogP contribution in [0.4, 0.5) is 0 Å². The second-order valence-corrected chi connectivity index (χ2v) is 6.01. The summed E-state index contributed by atoms with van der Waals surface area (Å²) in [7, 11) is 4.15. The van der Waals surface area contributed by atoms with E-state index in [1.165, 1.54) is 0 Å². The molecule has 0 aromatic heterocycles. The average molecular weight is 264 g/mol. The number of carbonyl (C=O) groups is 1. The number of rotatable bonds is 7. The van der Waals surface area contributed by atoms with Crippen molar-refractivity contribution in [1.82, 2.24) is 10.2 Å². The summed E-state index contributed by atoms with van der Waals surface area (Å²) in [5, 5.41) is 12.2. The third-order valence-electron chi connectivity index (χ3n) is 2.88. The maximum Gasteiger partial charge on any atom is 0.335 e. The first kappa shape index (κ1) is 15.7. The molecule has 0 aliphatic carbocycles.